The Morgan fingerprint density at radius 2 is 1.72 bits per heavy atom. The number of alkyl halides is 3. The minimum absolute atomic E-state index is 0.0327. The van der Waals surface area contributed by atoms with Gasteiger partial charge in [0, 0.05) is 17.5 Å². The third-order valence-electron chi connectivity index (χ3n) is 5.54. The van der Waals surface area contributed by atoms with Crippen molar-refractivity contribution in [3.8, 4) is 17.0 Å². The summed E-state index contributed by atoms with van der Waals surface area (Å²) in [6.45, 7) is 0.229. The van der Waals surface area contributed by atoms with Gasteiger partial charge in [0.1, 0.15) is 17.6 Å². The molecule has 39 heavy (non-hydrogen) atoms. The lowest BCUT2D eigenvalue weighted by atomic mass is 10.0. The van der Waals surface area contributed by atoms with E-state index in [2.05, 4.69) is 10.3 Å². The molecule has 0 saturated carbocycles. The number of aliphatic carboxylic acids is 1. The number of halogens is 4. The smallest absolute Gasteiger partial charge is 0.490 e. The lowest BCUT2D eigenvalue weighted by Gasteiger charge is -2.33. The standard InChI is InChI=1S/C22H22FN3O4S2.C2HF3O2/c1-30-17-9-5-15(6-10-17)19-14-31-22(24-19)25-21(27)20-4-2-3-13-26(20)32(28,29)18-11-7-16(23)8-12-18;3-2(4,5)1(6)7/h5-12,14,20H,2-4,13H2,1H3,(H,24,25,27);(H,6,7)/t20-;/m1./s1. The zero-order valence-electron chi connectivity index (χ0n) is 20.3. The number of sulfonamides is 1. The summed E-state index contributed by atoms with van der Waals surface area (Å²) in [6.07, 6.45) is -3.28. The fraction of sp³-hybridized carbons (Fsp3) is 0.292. The maximum atomic E-state index is 13.2. The molecule has 2 aromatic carbocycles. The van der Waals surface area contributed by atoms with Crippen molar-refractivity contribution >= 4 is 38.4 Å². The Balaban J connectivity index is 0.000000532. The number of thiazole rings is 1. The number of carboxylic acids is 1. The number of anilines is 1. The summed E-state index contributed by atoms with van der Waals surface area (Å²) in [5.74, 6) is -2.97. The van der Waals surface area contributed by atoms with E-state index in [0.717, 1.165) is 29.9 Å². The van der Waals surface area contributed by atoms with Crippen LogP contribution in [0.4, 0.5) is 22.7 Å². The summed E-state index contributed by atoms with van der Waals surface area (Å²) >= 11 is 1.27. The van der Waals surface area contributed by atoms with Crippen LogP contribution in [0.5, 0.6) is 5.75 Å². The number of amides is 1. The fourth-order valence-electron chi connectivity index (χ4n) is 3.61. The van der Waals surface area contributed by atoms with Crippen molar-refractivity contribution in [2.24, 2.45) is 0 Å². The van der Waals surface area contributed by atoms with Crippen LogP contribution < -0.4 is 10.1 Å². The van der Waals surface area contributed by atoms with Crippen LogP contribution in [0.1, 0.15) is 19.3 Å². The van der Waals surface area contributed by atoms with E-state index in [9.17, 15) is 30.8 Å². The summed E-state index contributed by atoms with van der Waals surface area (Å²) in [5, 5.41) is 12.1. The second-order valence-electron chi connectivity index (χ2n) is 8.14. The number of ether oxygens (including phenoxy) is 1. The number of hydrogen-bond acceptors (Lipinski definition) is 7. The number of methoxy groups -OCH3 is 1. The van der Waals surface area contributed by atoms with Crippen LogP contribution in [0.2, 0.25) is 0 Å². The van der Waals surface area contributed by atoms with Gasteiger partial charge in [-0.1, -0.05) is 6.42 Å². The van der Waals surface area contributed by atoms with E-state index < -0.39 is 39.9 Å². The molecule has 210 valence electrons. The van der Waals surface area contributed by atoms with Crippen molar-refractivity contribution in [2.75, 3.05) is 19.0 Å². The predicted octanol–water partition coefficient (Wildman–Crippen LogP) is 4.77. The maximum Gasteiger partial charge on any atom is 0.490 e. The van der Waals surface area contributed by atoms with Gasteiger partial charge in [-0.15, -0.1) is 11.3 Å². The third-order valence-corrected chi connectivity index (χ3v) is 8.22. The minimum atomic E-state index is -5.08. The van der Waals surface area contributed by atoms with Gasteiger partial charge in [-0.2, -0.15) is 17.5 Å². The molecule has 1 saturated heterocycles. The van der Waals surface area contributed by atoms with Gasteiger partial charge < -0.3 is 15.2 Å². The van der Waals surface area contributed by atoms with E-state index in [0.29, 0.717) is 23.7 Å². The number of carboxylic acid groups (broad SMARTS) is 1. The van der Waals surface area contributed by atoms with Gasteiger partial charge in [-0.3, -0.25) is 4.79 Å². The molecule has 3 aromatic rings. The van der Waals surface area contributed by atoms with Crippen LogP contribution in [-0.2, 0) is 19.6 Å². The molecular formula is C24H23F4N3O6S2. The summed E-state index contributed by atoms with van der Waals surface area (Å²) in [4.78, 5) is 26.3. The molecule has 1 atom stereocenters. The lowest BCUT2D eigenvalue weighted by Crippen LogP contribution is -2.49. The van der Waals surface area contributed by atoms with Crippen molar-refractivity contribution in [3.05, 3.63) is 59.7 Å². The minimum Gasteiger partial charge on any atom is -0.497 e. The molecule has 0 radical (unpaired) electrons. The summed E-state index contributed by atoms with van der Waals surface area (Å²) < 4.78 is 77.6. The zero-order valence-corrected chi connectivity index (χ0v) is 21.9. The summed E-state index contributed by atoms with van der Waals surface area (Å²) in [5.41, 5.74) is 1.58. The average molecular weight is 590 g/mol. The average Bonchev–Trinajstić information content (AvgIpc) is 3.37. The first-order valence-corrected chi connectivity index (χ1v) is 13.6. The van der Waals surface area contributed by atoms with Gasteiger partial charge in [-0.25, -0.2) is 22.6 Å². The van der Waals surface area contributed by atoms with E-state index >= 15 is 0 Å². The number of nitrogens with zero attached hydrogens (tertiary/aromatic N) is 2. The highest BCUT2D eigenvalue weighted by atomic mass is 32.2. The zero-order chi connectivity index (χ0) is 28.8. The number of carbonyl (C=O) groups is 2. The van der Waals surface area contributed by atoms with E-state index in [1.54, 1.807) is 7.11 Å². The molecule has 1 fully saturated rings. The Bertz CT molecular complexity index is 1390. The SMILES string of the molecule is COc1ccc(-c2csc(NC(=O)[C@H]3CCCCN3S(=O)(=O)c3ccc(F)cc3)n2)cc1.O=C(O)C(F)(F)F. The molecular weight excluding hydrogens is 566 g/mol. The fourth-order valence-corrected chi connectivity index (χ4v) is 5.99. The van der Waals surface area contributed by atoms with E-state index in [1.165, 1.54) is 27.8 Å². The number of hydrogen-bond donors (Lipinski definition) is 2. The van der Waals surface area contributed by atoms with Crippen molar-refractivity contribution in [1.82, 2.24) is 9.29 Å². The lowest BCUT2D eigenvalue weighted by molar-refractivity contribution is -0.192. The van der Waals surface area contributed by atoms with Gasteiger partial charge in [0.25, 0.3) is 0 Å². The molecule has 15 heteroatoms. The number of aromatic nitrogens is 1. The number of piperidine rings is 1. The van der Waals surface area contributed by atoms with E-state index in [-0.39, 0.29) is 11.4 Å². The number of carbonyl (C=O) groups excluding carboxylic acids is 1. The van der Waals surface area contributed by atoms with E-state index in [4.69, 9.17) is 14.6 Å². The van der Waals surface area contributed by atoms with Crippen molar-refractivity contribution in [3.63, 3.8) is 0 Å². The highest BCUT2D eigenvalue weighted by molar-refractivity contribution is 7.89. The monoisotopic (exact) mass is 589 g/mol. The van der Waals surface area contributed by atoms with Crippen LogP contribution in [0.25, 0.3) is 11.3 Å². The van der Waals surface area contributed by atoms with Gasteiger partial charge in [0.05, 0.1) is 17.7 Å². The largest absolute Gasteiger partial charge is 0.497 e. The van der Waals surface area contributed by atoms with Gasteiger partial charge >= 0.3 is 12.1 Å². The normalized spacial score (nSPS) is 16.1. The third kappa shape index (κ3) is 7.74. The Hall–Kier alpha value is -3.56. The van der Waals surface area contributed by atoms with Crippen LogP contribution in [0.15, 0.2) is 58.8 Å². The van der Waals surface area contributed by atoms with Crippen molar-refractivity contribution in [1.29, 1.82) is 0 Å². The Morgan fingerprint density at radius 1 is 1.10 bits per heavy atom. The quantitative estimate of drug-likeness (QED) is 0.397. The molecule has 0 spiro atoms. The summed E-state index contributed by atoms with van der Waals surface area (Å²) in [6, 6.07) is 11.2. The maximum absolute atomic E-state index is 13.2. The molecule has 4 rings (SSSR count). The van der Waals surface area contributed by atoms with Crippen molar-refractivity contribution in [2.45, 2.75) is 36.4 Å². The molecule has 9 nitrogen and oxygen atoms in total. The predicted molar refractivity (Wildman–Crippen MR) is 134 cm³/mol. The Kier molecular flexibility index (Phi) is 9.63. The number of benzene rings is 2. The molecule has 1 aliphatic rings. The molecule has 0 bridgehead atoms. The van der Waals surface area contributed by atoms with Crippen LogP contribution in [-0.4, -0.2) is 60.6 Å². The highest BCUT2D eigenvalue weighted by Crippen LogP contribution is 2.29. The Labute approximate surface area is 225 Å². The molecule has 0 unspecified atom stereocenters. The second-order valence-corrected chi connectivity index (χ2v) is 10.9. The van der Waals surface area contributed by atoms with Gasteiger partial charge in [-0.05, 0) is 61.4 Å². The van der Waals surface area contributed by atoms with Crippen LogP contribution in [0, 0.1) is 5.82 Å². The highest BCUT2D eigenvalue weighted by Gasteiger charge is 2.39. The molecule has 2 N–H and O–H groups in total. The van der Waals surface area contributed by atoms with Crippen LogP contribution in [0.3, 0.4) is 0 Å². The molecule has 2 heterocycles. The summed E-state index contributed by atoms with van der Waals surface area (Å²) in [7, 11) is -2.34. The topological polar surface area (TPSA) is 126 Å². The first kappa shape index (κ1) is 30.0. The van der Waals surface area contributed by atoms with Crippen LogP contribution >= 0.6 is 11.3 Å². The van der Waals surface area contributed by atoms with Gasteiger partial charge in [0.2, 0.25) is 15.9 Å². The molecule has 0 aliphatic carbocycles. The first-order chi connectivity index (χ1) is 18.3. The van der Waals surface area contributed by atoms with Crippen molar-refractivity contribution < 1.29 is 45.4 Å². The van der Waals surface area contributed by atoms with E-state index in [1.807, 2.05) is 29.6 Å². The molecule has 1 amide bonds. The van der Waals surface area contributed by atoms with Gasteiger partial charge in [0.15, 0.2) is 5.13 Å². The first-order valence-electron chi connectivity index (χ1n) is 11.3. The second kappa shape index (κ2) is 12.5. The molecule has 1 aromatic heterocycles. The number of nitrogens with one attached hydrogen (secondary N) is 1. The molecule has 1 aliphatic heterocycles. The Morgan fingerprint density at radius 3 is 2.28 bits per heavy atom. The number of rotatable bonds is 6.